The predicted molar refractivity (Wildman–Crippen MR) is 112 cm³/mol. The molecule has 0 unspecified atom stereocenters. The largest absolute Gasteiger partial charge is 0.450 e. The molecular formula is C20H10BrClN2O3S. The van der Waals surface area contributed by atoms with Crippen molar-refractivity contribution < 1.29 is 9.21 Å². The van der Waals surface area contributed by atoms with Crippen molar-refractivity contribution in [2.24, 2.45) is 0 Å². The molecule has 2 aromatic heterocycles. The summed E-state index contributed by atoms with van der Waals surface area (Å²) in [6, 6.07) is 11.6. The predicted octanol–water partition coefficient (Wildman–Crippen LogP) is 5.42. The number of halogens is 2. The molecule has 0 aliphatic carbocycles. The van der Waals surface area contributed by atoms with Gasteiger partial charge >= 0.3 is 0 Å². The fourth-order valence-electron chi connectivity index (χ4n) is 3.47. The number of rotatable bonds is 2. The van der Waals surface area contributed by atoms with Gasteiger partial charge in [0.1, 0.15) is 5.58 Å². The lowest BCUT2D eigenvalue weighted by Crippen LogP contribution is -2.29. The van der Waals surface area contributed by atoms with Crippen LogP contribution in [-0.4, -0.2) is 10.9 Å². The van der Waals surface area contributed by atoms with Crippen molar-refractivity contribution in [2.75, 3.05) is 4.90 Å². The molecule has 4 aromatic rings. The molecule has 0 fully saturated rings. The zero-order chi connectivity index (χ0) is 19.4. The van der Waals surface area contributed by atoms with E-state index in [4.69, 9.17) is 16.0 Å². The van der Waals surface area contributed by atoms with Crippen LogP contribution < -0.4 is 10.3 Å². The van der Waals surface area contributed by atoms with Gasteiger partial charge in [0.2, 0.25) is 5.76 Å². The highest BCUT2D eigenvalue weighted by Gasteiger charge is 2.44. The third-order valence-corrected chi connectivity index (χ3v) is 6.12. The summed E-state index contributed by atoms with van der Waals surface area (Å²) in [6.07, 6.45) is 1.62. The first kappa shape index (κ1) is 17.6. The van der Waals surface area contributed by atoms with E-state index >= 15 is 0 Å². The monoisotopic (exact) mass is 472 g/mol. The van der Waals surface area contributed by atoms with Crippen molar-refractivity contribution in [1.29, 1.82) is 0 Å². The lowest BCUT2D eigenvalue weighted by atomic mass is 9.99. The van der Waals surface area contributed by atoms with E-state index in [1.807, 2.05) is 6.07 Å². The Labute approximate surface area is 176 Å². The van der Waals surface area contributed by atoms with Crippen LogP contribution in [0.1, 0.15) is 27.7 Å². The third kappa shape index (κ3) is 2.62. The van der Waals surface area contributed by atoms with E-state index in [9.17, 15) is 9.59 Å². The second-order valence-corrected chi connectivity index (χ2v) is 8.49. The maximum absolute atomic E-state index is 13.4. The molecule has 0 saturated heterocycles. The number of nitrogens with zero attached hydrogens (tertiary/aromatic N) is 2. The van der Waals surface area contributed by atoms with Crippen molar-refractivity contribution in [1.82, 2.24) is 4.98 Å². The lowest BCUT2D eigenvalue weighted by molar-refractivity contribution is 0.0971. The van der Waals surface area contributed by atoms with Crippen LogP contribution in [0.2, 0.25) is 5.02 Å². The van der Waals surface area contributed by atoms with Crippen molar-refractivity contribution in [3.8, 4) is 0 Å². The smallest absolute Gasteiger partial charge is 0.297 e. The Hall–Kier alpha value is -2.48. The molecule has 5 nitrogen and oxygen atoms in total. The summed E-state index contributed by atoms with van der Waals surface area (Å²) in [7, 11) is 0. The van der Waals surface area contributed by atoms with E-state index in [0.717, 1.165) is 10.0 Å². The standard InChI is InChI=1S/C20H10BrClN2O3S/c21-11-4-5-14-13(9-11)17(25)15-16(10-2-1-3-12(22)8-10)24(19(26)18(15)27-14)20-23-6-7-28-20/h1-9,16H/t16-/m0/s1. The van der Waals surface area contributed by atoms with Gasteiger partial charge < -0.3 is 4.42 Å². The average molecular weight is 474 g/mol. The van der Waals surface area contributed by atoms with Gasteiger partial charge in [-0.05, 0) is 35.9 Å². The molecule has 1 aliphatic heterocycles. The quantitative estimate of drug-likeness (QED) is 0.390. The van der Waals surface area contributed by atoms with E-state index < -0.39 is 11.9 Å². The first-order chi connectivity index (χ1) is 13.5. The fraction of sp³-hybridized carbons (Fsp3) is 0.0500. The summed E-state index contributed by atoms with van der Waals surface area (Å²) in [5, 5.41) is 3.20. The Kier molecular flexibility index (Phi) is 4.12. The fourth-order valence-corrected chi connectivity index (χ4v) is 4.70. The van der Waals surface area contributed by atoms with Gasteiger partial charge in [-0.2, -0.15) is 0 Å². The number of thiazole rings is 1. The Balaban J connectivity index is 1.85. The Morgan fingerprint density at radius 2 is 2.04 bits per heavy atom. The molecule has 0 N–H and O–H groups in total. The molecule has 0 radical (unpaired) electrons. The maximum Gasteiger partial charge on any atom is 0.297 e. The third-order valence-electron chi connectivity index (χ3n) is 4.62. The van der Waals surface area contributed by atoms with Crippen LogP contribution in [0.15, 0.2) is 67.7 Å². The average Bonchev–Trinajstić information content (AvgIpc) is 3.29. The van der Waals surface area contributed by atoms with Crippen molar-refractivity contribution >= 4 is 60.9 Å². The summed E-state index contributed by atoms with van der Waals surface area (Å²) in [5.74, 6) is -0.350. The second kappa shape index (κ2) is 6.55. The minimum atomic E-state index is -0.660. The highest BCUT2D eigenvalue weighted by molar-refractivity contribution is 9.10. The molecule has 5 rings (SSSR count). The minimum Gasteiger partial charge on any atom is -0.450 e. The van der Waals surface area contributed by atoms with Gasteiger partial charge in [0, 0.05) is 21.1 Å². The van der Waals surface area contributed by atoms with Gasteiger partial charge in [0.15, 0.2) is 10.6 Å². The molecule has 3 heterocycles. The van der Waals surface area contributed by atoms with Crippen molar-refractivity contribution in [3.63, 3.8) is 0 Å². The summed E-state index contributed by atoms with van der Waals surface area (Å²) in [5.41, 5.74) is 1.14. The van der Waals surface area contributed by atoms with Gasteiger partial charge in [-0.1, -0.05) is 39.7 Å². The van der Waals surface area contributed by atoms with Gasteiger partial charge in [-0.15, -0.1) is 11.3 Å². The highest BCUT2D eigenvalue weighted by atomic mass is 79.9. The van der Waals surface area contributed by atoms with Crippen LogP contribution >= 0.6 is 38.9 Å². The molecule has 1 aliphatic rings. The van der Waals surface area contributed by atoms with Gasteiger partial charge in [-0.3, -0.25) is 14.5 Å². The summed E-state index contributed by atoms with van der Waals surface area (Å²) < 4.78 is 6.65. The van der Waals surface area contributed by atoms with E-state index in [2.05, 4.69) is 20.9 Å². The number of anilines is 1. The number of amides is 1. The molecular weight excluding hydrogens is 464 g/mol. The molecule has 2 aromatic carbocycles. The second-order valence-electron chi connectivity index (χ2n) is 6.26. The van der Waals surface area contributed by atoms with E-state index in [1.54, 1.807) is 48.0 Å². The van der Waals surface area contributed by atoms with Gasteiger partial charge in [-0.25, -0.2) is 4.98 Å². The summed E-state index contributed by atoms with van der Waals surface area (Å²) in [6.45, 7) is 0. The maximum atomic E-state index is 13.4. The van der Waals surface area contributed by atoms with Crippen LogP contribution in [0.4, 0.5) is 5.13 Å². The zero-order valence-corrected chi connectivity index (χ0v) is 17.2. The SMILES string of the molecule is O=C1c2oc3ccc(Br)cc3c(=O)c2[C@H](c2cccc(Cl)c2)N1c1nccs1. The van der Waals surface area contributed by atoms with Crippen LogP contribution in [0.25, 0.3) is 11.0 Å². The minimum absolute atomic E-state index is 0.0417. The number of hydrogen-bond donors (Lipinski definition) is 0. The zero-order valence-electron chi connectivity index (χ0n) is 14.1. The first-order valence-corrected chi connectivity index (χ1v) is 10.3. The number of aromatic nitrogens is 1. The number of carbonyl (C=O) groups is 1. The van der Waals surface area contributed by atoms with Crippen molar-refractivity contribution in [3.05, 3.63) is 90.6 Å². The molecule has 0 spiro atoms. The number of hydrogen-bond acceptors (Lipinski definition) is 5. The highest BCUT2D eigenvalue weighted by Crippen LogP contribution is 2.42. The number of carbonyl (C=O) groups excluding carboxylic acids is 1. The molecule has 0 saturated carbocycles. The summed E-state index contributed by atoms with van der Waals surface area (Å²) in [4.78, 5) is 32.4. The normalized spacial score (nSPS) is 16.0. The molecule has 138 valence electrons. The van der Waals surface area contributed by atoms with Crippen molar-refractivity contribution in [2.45, 2.75) is 6.04 Å². The summed E-state index contributed by atoms with van der Waals surface area (Å²) >= 11 is 10.9. The van der Waals surface area contributed by atoms with Crippen LogP contribution in [0.5, 0.6) is 0 Å². The van der Waals surface area contributed by atoms with Crippen LogP contribution in [0, 0.1) is 0 Å². The van der Waals surface area contributed by atoms with Gasteiger partial charge in [0.05, 0.1) is 17.0 Å². The molecule has 0 bridgehead atoms. The molecule has 1 atom stereocenters. The van der Waals surface area contributed by atoms with Crippen LogP contribution in [0.3, 0.4) is 0 Å². The molecule has 1 amide bonds. The molecule has 8 heteroatoms. The van der Waals surface area contributed by atoms with E-state index in [0.29, 0.717) is 26.7 Å². The lowest BCUT2D eigenvalue weighted by Gasteiger charge is -2.22. The topological polar surface area (TPSA) is 63.4 Å². The Bertz CT molecular complexity index is 1300. The van der Waals surface area contributed by atoms with Crippen LogP contribution in [-0.2, 0) is 0 Å². The number of benzene rings is 2. The van der Waals surface area contributed by atoms with Gasteiger partial charge in [0.25, 0.3) is 5.91 Å². The Morgan fingerprint density at radius 3 is 2.79 bits per heavy atom. The molecule has 28 heavy (non-hydrogen) atoms. The number of fused-ring (bicyclic) bond motifs is 2. The van der Waals surface area contributed by atoms with E-state index in [1.165, 1.54) is 16.2 Å². The van der Waals surface area contributed by atoms with E-state index in [-0.39, 0.29) is 11.2 Å². The Morgan fingerprint density at radius 1 is 1.18 bits per heavy atom. The first-order valence-electron chi connectivity index (χ1n) is 8.29.